The number of carbonyl (C=O) groups is 2. The van der Waals surface area contributed by atoms with Gasteiger partial charge in [-0.25, -0.2) is 9.59 Å². The first-order valence-corrected chi connectivity index (χ1v) is 13.4. The van der Waals surface area contributed by atoms with E-state index in [4.69, 9.17) is 14.2 Å². The molecule has 0 radical (unpaired) electrons. The minimum absolute atomic E-state index is 0.287. The van der Waals surface area contributed by atoms with Crippen molar-refractivity contribution < 1.29 is 28.9 Å². The van der Waals surface area contributed by atoms with Gasteiger partial charge in [-0.15, -0.1) is 0 Å². The number of rotatable bonds is 16. The predicted molar refractivity (Wildman–Crippen MR) is 144 cm³/mol. The Morgan fingerprint density at radius 2 is 1.56 bits per heavy atom. The molecular weight excluding hydrogens is 526 g/mol. The summed E-state index contributed by atoms with van der Waals surface area (Å²) in [6.45, 7) is 7.77. The zero-order valence-electron chi connectivity index (χ0n) is 21.5. The predicted octanol–water partition coefficient (Wildman–Crippen LogP) is 6.58. The van der Waals surface area contributed by atoms with Gasteiger partial charge in [-0.2, -0.15) is 0 Å². The highest BCUT2D eigenvalue weighted by atomic mass is 79.9. The van der Waals surface area contributed by atoms with E-state index in [0.29, 0.717) is 43.7 Å². The molecule has 7 nitrogen and oxygen atoms in total. The minimum atomic E-state index is -0.975. The van der Waals surface area contributed by atoms with E-state index >= 15 is 0 Å². The average Bonchev–Trinajstić information content (AvgIpc) is 2.85. The third-order valence-corrected chi connectivity index (χ3v) is 6.30. The fourth-order valence-electron chi connectivity index (χ4n) is 4.01. The van der Waals surface area contributed by atoms with Crippen molar-refractivity contribution in [1.29, 1.82) is 0 Å². The minimum Gasteiger partial charge on any atom is -0.492 e. The van der Waals surface area contributed by atoms with Gasteiger partial charge >= 0.3 is 12.1 Å². The van der Waals surface area contributed by atoms with Gasteiger partial charge in [0.25, 0.3) is 0 Å². The van der Waals surface area contributed by atoms with Crippen molar-refractivity contribution in [2.24, 2.45) is 5.92 Å². The Balaban J connectivity index is 1.99. The standard InChI is InChI=1S/C28H38BrNO6/c1-4-7-22(8-5-2)20-30(28(33)36-25-15-11-23(29)12-16-25)17-18-35-24-13-9-21(10-14-24)19-26(27(31)32)34-6-3/h9-16,22,26H,4-8,17-20H2,1-3H3,(H,31,32). The second kappa shape index (κ2) is 16.2. The Bertz CT molecular complexity index is 913. The number of aliphatic carboxylic acids is 1. The lowest BCUT2D eigenvalue weighted by Gasteiger charge is -2.27. The van der Waals surface area contributed by atoms with Gasteiger partial charge in [0, 0.05) is 24.0 Å². The van der Waals surface area contributed by atoms with Crippen molar-refractivity contribution in [2.75, 3.05) is 26.3 Å². The molecule has 1 amide bonds. The summed E-state index contributed by atoms with van der Waals surface area (Å²) in [4.78, 5) is 26.1. The van der Waals surface area contributed by atoms with E-state index in [9.17, 15) is 14.7 Å². The number of ether oxygens (including phenoxy) is 3. The van der Waals surface area contributed by atoms with Gasteiger partial charge < -0.3 is 24.2 Å². The van der Waals surface area contributed by atoms with Gasteiger partial charge in [0.1, 0.15) is 18.1 Å². The molecule has 36 heavy (non-hydrogen) atoms. The highest BCUT2D eigenvalue weighted by molar-refractivity contribution is 9.10. The van der Waals surface area contributed by atoms with Crippen LogP contribution in [0.1, 0.15) is 52.0 Å². The summed E-state index contributed by atoms with van der Waals surface area (Å²) in [5.74, 6) is 0.585. The first-order valence-electron chi connectivity index (χ1n) is 12.6. The molecule has 0 spiro atoms. The van der Waals surface area contributed by atoms with Crippen LogP contribution in [-0.4, -0.2) is 54.5 Å². The summed E-state index contributed by atoms with van der Waals surface area (Å²) in [6.07, 6.45) is 3.27. The van der Waals surface area contributed by atoms with E-state index in [0.717, 1.165) is 35.7 Å². The number of halogens is 1. The second-order valence-electron chi connectivity index (χ2n) is 8.69. The lowest BCUT2D eigenvalue weighted by Crippen LogP contribution is -2.40. The fourth-order valence-corrected chi connectivity index (χ4v) is 4.27. The van der Waals surface area contributed by atoms with Crippen LogP contribution in [0, 0.1) is 5.92 Å². The number of carbonyl (C=O) groups excluding carboxylic acids is 1. The summed E-state index contributed by atoms with van der Waals surface area (Å²) in [6, 6.07) is 14.5. The topological polar surface area (TPSA) is 85.3 Å². The van der Waals surface area contributed by atoms with E-state index in [1.807, 2.05) is 36.4 Å². The summed E-state index contributed by atoms with van der Waals surface area (Å²) >= 11 is 3.39. The molecule has 0 aliphatic carbocycles. The molecule has 0 saturated heterocycles. The van der Waals surface area contributed by atoms with Crippen LogP contribution in [0.15, 0.2) is 53.0 Å². The van der Waals surface area contributed by atoms with E-state index in [-0.39, 0.29) is 12.5 Å². The molecule has 8 heteroatoms. The number of benzene rings is 2. The van der Waals surface area contributed by atoms with Crippen LogP contribution >= 0.6 is 15.9 Å². The quantitative estimate of drug-likeness (QED) is 0.248. The Hall–Kier alpha value is -2.58. The first kappa shape index (κ1) is 29.6. The zero-order valence-corrected chi connectivity index (χ0v) is 23.0. The number of carboxylic acids is 1. The summed E-state index contributed by atoms with van der Waals surface area (Å²) in [7, 11) is 0. The zero-order chi connectivity index (χ0) is 26.3. The molecule has 1 N–H and O–H groups in total. The Kier molecular flexibility index (Phi) is 13.4. The van der Waals surface area contributed by atoms with Crippen LogP contribution in [0.2, 0.25) is 0 Å². The Labute approximate surface area is 222 Å². The fraction of sp³-hybridized carbons (Fsp3) is 0.500. The van der Waals surface area contributed by atoms with Gasteiger partial charge in [0.15, 0.2) is 6.10 Å². The van der Waals surface area contributed by atoms with Crippen LogP contribution < -0.4 is 9.47 Å². The molecule has 0 fully saturated rings. The largest absolute Gasteiger partial charge is 0.492 e. The SMILES string of the molecule is CCCC(CCC)CN(CCOc1ccc(CC(OCC)C(=O)O)cc1)C(=O)Oc1ccc(Br)cc1. The van der Waals surface area contributed by atoms with E-state index < -0.39 is 12.1 Å². The maximum absolute atomic E-state index is 13.0. The smallest absolute Gasteiger partial charge is 0.415 e. The normalized spacial score (nSPS) is 11.8. The van der Waals surface area contributed by atoms with Crippen LogP contribution in [-0.2, 0) is 16.0 Å². The van der Waals surface area contributed by atoms with Crippen molar-refractivity contribution in [2.45, 2.75) is 59.0 Å². The molecule has 0 saturated carbocycles. The lowest BCUT2D eigenvalue weighted by molar-refractivity contribution is -0.149. The van der Waals surface area contributed by atoms with Crippen molar-refractivity contribution in [3.8, 4) is 11.5 Å². The average molecular weight is 565 g/mol. The van der Waals surface area contributed by atoms with Crippen LogP contribution in [0.5, 0.6) is 11.5 Å². The van der Waals surface area contributed by atoms with Gasteiger partial charge in [-0.05, 0) is 67.6 Å². The monoisotopic (exact) mass is 563 g/mol. The molecule has 198 valence electrons. The highest BCUT2D eigenvalue weighted by Gasteiger charge is 2.21. The van der Waals surface area contributed by atoms with E-state index in [1.54, 1.807) is 24.0 Å². The number of hydrogen-bond donors (Lipinski definition) is 1. The van der Waals surface area contributed by atoms with Gasteiger partial charge in [-0.1, -0.05) is 54.8 Å². The number of carboxylic acid groups (broad SMARTS) is 1. The third-order valence-electron chi connectivity index (χ3n) is 5.77. The van der Waals surface area contributed by atoms with Gasteiger partial charge in [-0.3, -0.25) is 0 Å². The maximum Gasteiger partial charge on any atom is 0.415 e. The Morgan fingerprint density at radius 1 is 0.944 bits per heavy atom. The molecule has 2 rings (SSSR count). The summed E-state index contributed by atoms with van der Waals surface area (Å²) < 4.78 is 17.7. The van der Waals surface area contributed by atoms with Crippen LogP contribution in [0.25, 0.3) is 0 Å². The van der Waals surface area contributed by atoms with Crippen molar-refractivity contribution in [1.82, 2.24) is 4.90 Å². The van der Waals surface area contributed by atoms with Crippen molar-refractivity contribution in [3.63, 3.8) is 0 Å². The molecule has 0 bridgehead atoms. The molecule has 1 atom stereocenters. The number of amides is 1. The molecule has 0 aliphatic heterocycles. The molecule has 0 aliphatic rings. The molecule has 2 aromatic carbocycles. The summed E-state index contributed by atoms with van der Waals surface area (Å²) in [5, 5.41) is 9.27. The number of hydrogen-bond acceptors (Lipinski definition) is 5. The van der Waals surface area contributed by atoms with Crippen LogP contribution in [0.3, 0.4) is 0 Å². The molecule has 0 aromatic heterocycles. The molecule has 1 unspecified atom stereocenters. The van der Waals surface area contributed by atoms with Crippen molar-refractivity contribution in [3.05, 3.63) is 58.6 Å². The van der Waals surface area contributed by atoms with Crippen molar-refractivity contribution >= 4 is 28.0 Å². The second-order valence-corrected chi connectivity index (χ2v) is 9.61. The number of nitrogens with zero attached hydrogens (tertiary/aromatic N) is 1. The molecule has 0 heterocycles. The Morgan fingerprint density at radius 3 is 2.11 bits per heavy atom. The lowest BCUT2D eigenvalue weighted by atomic mass is 9.98. The highest BCUT2D eigenvalue weighted by Crippen LogP contribution is 2.20. The van der Waals surface area contributed by atoms with Crippen LogP contribution in [0.4, 0.5) is 4.79 Å². The van der Waals surface area contributed by atoms with Gasteiger partial charge in [0.05, 0.1) is 6.54 Å². The maximum atomic E-state index is 13.0. The van der Waals surface area contributed by atoms with E-state index in [1.165, 1.54) is 0 Å². The first-order chi connectivity index (χ1) is 17.4. The molecule has 2 aromatic rings. The third kappa shape index (κ3) is 10.6. The van der Waals surface area contributed by atoms with E-state index in [2.05, 4.69) is 29.8 Å². The summed E-state index contributed by atoms with van der Waals surface area (Å²) in [5.41, 5.74) is 0.852. The molecular formula is C28H38BrNO6. The van der Waals surface area contributed by atoms with Gasteiger partial charge in [0.2, 0.25) is 0 Å².